The second-order valence-electron chi connectivity index (χ2n) is 6.71. The predicted molar refractivity (Wildman–Crippen MR) is 96.9 cm³/mol. The van der Waals surface area contributed by atoms with E-state index in [0.29, 0.717) is 5.92 Å². The lowest BCUT2D eigenvalue weighted by Crippen LogP contribution is -2.13. The molecule has 1 aromatic heterocycles. The molecule has 1 fully saturated rings. The zero-order valence-corrected chi connectivity index (χ0v) is 14.3. The molecule has 1 heterocycles. The monoisotopic (exact) mass is 321 g/mol. The molecule has 124 valence electrons. The molecule has 1 aliphatic rings. The molecular formula is C22H24FN. The highest BCUT2D eigenvalue weighted by atomic mass is 19.1. The van der Waals surface area contributed by atoms with E-state index in [4.69, 9.17) is 0 Å². The first-order chi connectivity index (χ1) is 11.7. The first-order valence-corrected chi connectivity index (χ1v) is 8.98. The summed E-state index contributed by atoms with van der Waals surface area (Å²) in [5.41, 5.74) is 2.72. The molecular weight excluding hydrogens is 297 g/mol. The first-order valence-electron chi connectivity index (χ1n) is 8.98. The van der Waals surface area contributed by atoms with Crippen molar-refractivity contribution >= 4 is 0 Å². The van der Waals surface area contributed by atoms with E-state index in [-0.39, 0.29) is 5.82 Å². The number of aromatic nitrogens is 1. The van der Waals surface area contributed by atoms with Gasteiger partial charge in [0.1, 0.15) is 5.82 Å². The Morgan fingerprint density at radius 1 is 1.04 bits per heavy atom. The third kappa shape index (κ3) is 4.45. The van der Waals surface area contributed by atoms with Crippen LogP contribution >= 0.6 is 0 Å². The normalized spacial score (nSPS) is 20.2. The minimum Gasteiger partial charge on any atom is -0.255 e. The minimum atomic E-state index is -0.227. The van der Waals surface area contributed by atoms with Crippen LogP contribution in [0.15, 0.2) is 42.6 Å². The molecule has 1 aliphatic carbocycles. The lowest BCUT2D eigenvalue weighted by molar-refractivity contribution is 0.300. The van der Waals surface area contributed by atoms with Gasteiger partial charge in [-0.15, -0.1) is 0 Å². The van der Waals surface area contributed by atoms with Crippen LogP contribution in [0, 0.1) is 29.5 Å². The first kappa shape index (κ1) is 16.7. The molecule has 0 bridgehead atoms. The molecule has 0 N–H and O–H groups in total. The van der Waals surface area contributed by atoms with Crippen LogP contribution in [0.5, 0.6) is 0 Å². The molecule has 0 unspecified atom stereocenters. The summed E-state index contributed by atoms with van der Waals surface area (Å²) in [5, 5.41) is 0. The molecule has 1 aromatic carbocycles. The topological polar surface area (TPSA) is 12.9 Å². The van der Waals surface area contributed by atoms with E-state index in [1.807, 2.05) is 18.3 Å². The number of hydrogen-bond donors (Lipinski definition) is 0. The number of nitrogens with zero attached hydrogens (tertiary/aromatic N) is 1. The van der Waals surface area contributed by atoms with Gasteiger partial charge >= 0.3 is 0 Å². The molecule has 1 nitrogen and oxygen atoms in total. The van der Waals surface area contributed by atoms with Crippen LogP contribution in [0.1, 0.15) is 51.0 Å². The molecule has 0 radical (unpaired) electrons. The van der Waals surface area contributed by atoms with Crippen LogP contribution in [0.2, 0.25) is 0 Å². The zero-order chi connectivity index (χ0) is 16.8. The average Bonchev–Trinajstić information content (AvgIpc) is 2.63. The summed E-state index contributed by atoms with van der Waals surface area (Å²) < 4.78 is 13.0. The highest BCUT2D eigenvalue weighted by Crippen LogP contribution is 2.31. The van der Waals surface area contributed by atoms with Crippen molar-refractivity contribution in [3.8, 4) is 23.1 Å². The van der Waals surface area contributed by atoms with Crippen LogP contribution in [0.25, 0.3) is 11.3 Å². The summed E-state index contributed by atoms with van der Waals surface area (Å²) in [6.07, 6.45) is 9.61. The van der Waals surface area contributed by atoms with Crippen LogP contribution < -0.4 is 0 Å². The van der Waals surface area contributed by atoms with Gasteiger partial charge in [0.25, 0.3) is 0 Å². The lowest BCUT2D eigenvalue weighted by atomic mass is 9.80. The van der Waals surface area contributed by atoms with Gasteiger partial charge in [0.05, 0.1) is 5.69 Å². The Morgan fingerprint density at radius 2 is 1.79 bits per heavy atom. The van der Waals surface area contributed by atoms with E-state index in [0.717, 1.165) is 22.7 Å². The third-order valence-corrected chi connectivity index (χ3v) is 4.87. The van der Waals surface area contributed by atoms with Gasteiger partial charge in [-0.05, 0) is 68.0 Å². The smallest absolute Gasteiger partial charge is 0.123 e. The summed E-state index contributed by atoms with van der Waals surface area (Å²) in [6.45, 7) is 2.27. The van der Waals surface area contributed by atoms with Crippen molar-refractivity contribution in [3.05, 3.63) is 54.0 Å². The Balaban J connectivity index is 1.60. The lowest BCUT2D eigenvalue weighted by Gasteiger charge is -2.25. The molecule has 0 atom stereocenters. The van der Waals surface area contributed by atoms with E-state index in [1.54, 1.807) is 12.1 Å². The number of pyridine rings is 1. The quantitative estimate of drug-likeness (QED) is 0.647. The highest BCUT2D eigenvalue weighted by Gasteiger charge is 2.18. The average molecular weight is 321 g/mol. The molecule has 3 rings (SSSR count). The van der Waals surface area contributed by atoms with E-state index >= 15 is 0 Å². The van der Waals surface area contributed by atoms with Gasteiger partial charge in [-0.25, -0.2) is 4.39 Å². The Labute approximate surface area is 144 Å². The molecule has 0 saturated heterocycles. The van der Waals surface area contributed by atoms with Crippen molar-refractivity contribution in [2.24, 2.45) is 11.8 Å². The second-order valence-corrected chi connectivity index (χ2v) is 6.71. The summed E-state index contributed by atoms with van der Waals surface area (Å²) >= 11 is 0. The fourth-order valence-corrected chi connectivity index (χ4v) is 3.45. The molecule has 0 spiro atoms. The number of hydrogen-bond acceptors (Lipinski definition) is 1. The third-order valence-electron chi connectivity index (χ3n) is 4.87. The predicted octanol–water partition coefficient (Wildman–Crippen LogP) is 5.85. The van der Waals surface area contributed by atoms with E-state index in [2.05, 4.69) is 23.7 Å². The van der Waals surface area contributed by atoms with Gasteiger partial charge in [0.15, 0.2) is 0 Å². The highest BCUT2D eigenvalue weighted by molar-refractivity contribution is 5.59. The van der Waals surface area contributed by atoms with Crippen molar-refractivity contribution in [2.45, 2.75) is 45.4 Å². The fourth-order valence-electron chi connectivity index (χ4n) is 3.45. The Bertz CT molecular complexity index is 698. The van der Waals surface area contributed by atoms with E-state index < -0.39 is 0 Å². The van der Waals surface area contributed by atoms with Crippen molar-refractivity contribution in [1.82, 2.24) is 4.98 Å². The van der Waals surface area contributed by atoms with Gasteiger partial charge in [0.2, 0.25) is 0 Å². The largest absolute Gasteiger partial charge is 0.255 e. The summed E-state index contributed by atoms with van der Waals surface area (Å²) in [7, 11) is 0. The van der Waals surface area contributed by atoms with Gasteiger partial charge in [0, 0.05) is 23.2 Å². The second kappa shape index (κ2) is 8.11. The minimum absolute atomic E-state index is 0.227. The van der Waals surface area contributed by atoms with Crippen LogP contribution in [-0.2, 0) is 0 Å². The van der Waals surface area contributed by atoms with E-state index in [9.17, 15) is 4.39 Å². The number of halogens is 1. The molecule has 24 heavy (non-hydrogen) atoms. The van der Waals surface area contributed by atoms with Crippen molar-refractivity contribution in [3.63, 3.8) is 0 Å². The maximum Gasteiger partial charge on any atom is 0.123 e. The van der Waals surface area contributed by atoms with Gasteiger partial charge in [-0.3, -0.25) is 4.98 Å². The van der Waals surface area contributed by atoms with Gasteiger partial charge < -0.3 is 0 Å². The zero-order valence-electron chi connectivity index (χ0n) is 14.3. The molecule has 2 aromatic rings. The Kier molecular flexibility index (Phi) is 5.64. The number of rotatable bonds is 3. The van der Waals surface area contributed by atoms with Crippen molar-refractivity contribution < 1.29 is 4.39 Å². The maximum atomic E-state index is 13.0. The fraction of sp³-hybridized carbons (Fsp3) is 0.409. The standard InChI is InChI=1S/C22H24FN/c1-2-3-17-4-6-18(7-5-17)8-9-19-10-15-22(24-16-19)20-11-13-21(23)14-12-20/h10-18H,2-7H2,1H3/t17-,18-. The van der Waals surface area contributed by atoms with E-state index in [1.165, 1.54) is 50.7 Å². The molecule has 0 amide bonds. The molecule has 2 heteroatoms. The van der Waals surface area contributed by atoms with Crippen LogP contribution in [0.4, 0.5) is 4.39 Å². The number of benzene rings is 1. The van der Waals surface area contributed by atoms with Crippen LogP contribution in [0.3, 0.4) is 0 Å². The summed E-state index contributed by atoms with van der Waals surface area (Å²) in [4.78, 5) is 4.45. The van der Waals surface area contributed by atoms with Crippen molar-refractivity contribution in [2.75, 3.05) is 0 Å². The molecule has 0 aliphatic heterocycles. The summed E-state index contributed by atoms with van der Waals surface area (Å²) in [5.74, 6) is 7.94. The Hall–Kier alpha value is -2.14. The Morgan fingerprint density at radius 3 is 2.42 bits per heavy atom. The van der Waals surface area contributed by atoms with Gasteiger partial charge in [-0.1, -0.05) is 31.6 Å². The van der Waals surface area contributed by atoms with Gasteiger partial charge in [-0.2, -0.15) is 0 Å². The molecule has 1 saturated carbocycles. The van der Waals surface area contributed by atoms with Crippen molar-refractivity contribution in [1.29, 1.82) is 0 Å². The summed E-state index contributed by atoms with van der Waals surface area (Å²) in [6, 6.07) is 10.4. The maximum absolute atomic E-state index is 13.0. The van der Waals surface area contributed by atoms with Crippen LogP contribution in [-0.4, -0.2) is 4.98 Å². The SMILES string of the molecule is CCC[C@H]1CC[C@H](C#Cc2ccc(-c3ccc(F)cc3)nc2)CC1.